The summed E-state index contributed by atoms with van der Waals surface area (Å²) in [4.78, 5) is 27.7. The molecule has 3 aliphatic rings. The summed E-state index contributed by atoms with van der Waals surface area (Å²) in [7, 11) is 0. The molecule has 1 N–H and O–H groups in total. The normalized spacial score (nSPS) is 21.5. The van der Waals surface area contributed by atoms with Crippen LogP contribution in [0.5, 0.6) is 0 Å². The molecule has 1 aromatic carbocycles. The fourth-order valence-electron chi connectivity index (χ4n) is 5.42. The van der Waals surface area contributed by atoms with Crippen molar-refractivity contribution < 1.29 is 22.4 Å². The van der Waals surface area contributed by atoms with Gasteiger partial charge in [-0.25, -0.2) is 14.8 Å². The molecule has 2 amide bonds. The van der Waals surface area contributed by atoms with Gasteiger partial charge >= 0.3 is 12.2 Å². The largest absolute Gasteiger partial charge is 0.444 e. The van der Waals surface area contributed by atoms with Crippen molar-refractivity contribution in [2.45, 2.75) is 38.0 Å². The molecular weight excluding hydrogens is 473 g/mol. The third-order valence-electron chi connectivity index (χ3n) is 7.15. The predicted octanol–water partition coefficient (Wildman–Crippen LogP) is 5.49. The van der Waals surface area contributed by atoms with Gasteiger partial charge in [-0.3, -0.25) is 4.90 Å². The molecule has 36 heavy (non-hydrogen) atoms. The fourth-order valence-corrected chi connectivity index (χ4v) is 5.42. The standard InChI is InChI=1S/C25H25F3N6O2/c26-25(27,28)17-5-2-10-32(14-17)21-9-8-19-23(31-21)34(22-7-3-11-33(19)22)24(35)30-18-6-1-4-16(12-18)20-13-29-15-36-20/h1,4,6,8-9,12-13,15,17,22H,2-3,5,7,10-11,14H2,(H,30,35)/t17?,22-/m1/s1. The Kier molecular flexibility index (Phi) is 5.50. The van der Waals surface area contributed by atoms with Crippen LogP contribution in [0.2, 0.25) is 0 Å². The van der Waals surface area contributed by atoms with Crippen LogP contribution in [-0.2, 0) is 0 Å². The molecule has 2 atom stereocenters. The summed E-state index contributed by atoms with van der Waals surface area (Å²) in [6.07, 6.45) is 0.843. The van der Waals surface area contributed by atoms with Crippen molar-refractivity contribution >= 4 is 29.0 Å². The molecule has 2 saturated heterocycles. The molecule has 6 rings (SSSR count). The predicted molar refractivity (Wildman–Crippen MR) is 129 cm³/mol. The Bertz CT molecular complexity index is 1260. The van der Waals surface area contributed by atoms with Crippen LogP contribution in [0.3, 0.4) is 0 Å². The lowest BCUT2D eigenvalue weighted by Gasteiger charge is -2.34. The fraction of sp³-hybridized carbons (Fsp3) is 0.400. The number of fused-ring (bicyclic) bond motifs is 3. The highest BCUT2D eigenvalue weighted by atomic mass is 19.4. The topological polar surface area (TPSA) is 77.7 Å². The SMILES string of the molecule is O=C(Nc1cccc(-c2cnco2)c1)N1c2nc(N3CCCC(C(F)(F)F)C3)ccc2N2CCC[C@H]21. The van der Waals surface area contributed by atoms with Crippen LogP contribution in [0.4, 0.5) is 41.0 Å². The summed E-state index contributed by atoms with van der Waals surface area (Å²) in [5, 5.41) is 2.96. The summed E-state index contributed by atoms with van der Waals surface area (Å²) in [5.74, 6) is 0.161. The first kappa shape index (κ1) is 22.7. The molecule has 188 valence electrons. The van der Waals surface area contributed by atoms with Crippen LogP contribution >= 0.6 is 0 Å². The lowest BCUT2D eigenvalue weighted by atomic mass is 9.97. The van der Waals surface area contributed by atoms with Crippen LogP contribution in [0, 0.1) is 5.92 Å². The van der Waals surface area contributed by atoms with Gasteiger partial charge in [0.1, 0.15) is 12.0 Å². The average molecular weight is 499 g/mol. The minimum atomic E-state index is -4.23. The van der Waals surface area contributed by atoms with E-state index in [1.165, 1.54) is 6.39 Å². The summed E-state index contributed by atoms with van der Waals surface area (Å²) >= 11 is 0. The maximum atomic E-state index is 13.5. The van der Waals surface area contributed by atoms with Crippen molar-refractivity contribution in [3.63, 3.8) is 0 Å². The molecule has 2 fully saturated rings. The number of piperidine rings is 1. The van der Waals surface area contributed by atoms with E-state index in [4.69, 9.17) is 9.40 Å². The average Bonchev–Trinajstić information content (AvgIpc) is 3.61. The van der Waals surface area contributed by atoms with Crippen LogP contribution < -0.4 is 20.0 Å². The van der Waals surface area contributed by atoms with Gasteiger partial charge in [0.2, 0.25) is 0 Å². The van der Waals surface area contributed by atoms with Crippen LogP contribution in [0.1, 0.15) is 25.7 Å². The van der Waals surface area contributed by atoms with Gasteiger partial charge in [0, 0.05) is 30.9 Å². The number of urea groups is 1. The van der Waals surface area contributed by atoms with Gasteiger partial charge in [-0.1, -0.05) is 12.1 Å². The Hall–Kier alpha value is -3.76. The van der Waals surface area contributed by atoms with Gasteiger partial charge in [-0.15, -0.1) is 0 Å². The Labute approximate surface area is 205 Å². The lowest BCUT2D eigenvalue weighted by Crippen LogP contribution is -2.45. The number of halogens is 3. The number of oxazole rings is 1. The van der Waals surface area contributed by atoms with Crippen molar-refractivity contribution in [3.8, 4) is 11.3 Å². The highest BCUT2D eigenvalue weighted by molar-refractivity contribution is 6.06. The second-order valence-electron chi connectivity index (χ2n) is 9.40. The van der Waals surface area contributed by atoms with Crippen LogP contribution in [-0.4, -0.2) is 48.0 Å². The molecule has 0 saturated carbocycles. The number of carbonyl (C=O) groups is 1. The number of nitrogens with zero attached hydrogens (tertiary/aromatic N) is 5. The van der Waals surface area contributed by atoms with Crippen molar-refractivity contribution in [1.29, 1.82) is 0 Å². The van der Waals surface area contributed by atoms with E-state index < -0.39 is 12.1 Å². The maximum absolute atomic E-state index is 13.5. The Morgan fingerprint density at radius 3 is 2.78 bits per heavy atom. The van der Waals surface area contributed by atoms with Crippen LogP contribution in [0.25, 0.3) is 11.3 Å². The van der Waals surface area contributed by atoms with Gasteiger partial charge in [0.05, 0.1) is 17.8 Å². The summed E-state index contributed by atoms with van der Waals surface area (Å²) < 4.78 is 45.5. The quantitative estimate of drug-likeness (QED) is 0.514. The first-order chi connectivity index (χ1) is 17.4. The molecule has 0 bridgehead atoms. The van der Waals surface area contributed by atoms with E-state index in [0.717, 1.165) is 30.6 Å². The summed E-state index contributed by atoms with van der Waals surface area (Å²) in [5.41, 5.74) is 2.20. The van der Waals surface area contributed by atoms with E-state index >= 15 is 0 Å². The number of anilines is 4. The van der Waals surface area contributed by atoms with Crippen molar-refractivity contribution in [2.75, 3.05) is 39.7 Å². The Balaban J connectivity index is 1.28. The first-order valence-corrected chi connectivity index (χ1v) is 12.1. The number of nitrogens with one attached hydrogen (secondary N) is 1. The number of alkyl halides is 3. The number of aromatic nitrogens is 2. The molecule has 0 radical (unpaired) electrons. The number of pyridine rings is 1. The molecule has 0 aliphatic carbocycles. The van der Waals surface area contributed by atoms with E-state index in [1.54, 1.807) is 34.2 Å². The van der Waals surface area contributed by atoms with Crippen LogP contribution in [0.15, 0.2) is 53.4 Å². The molecule has 0 spiro atoms. The van der Waals surface area contributed by atoms with Gasteiger partial charge in [0.15, 0.2) is 18.0 Å². The number of carbonyl (C=O) groups excluding carboxylic acids is 1. The summed E-state index contributed by atoms with van der Waals surface area (Å²) in [6, 6.07) is 10.6. The number of rotatable bonds is 3. The highest BCUT2D eigenvalue weighted by Crippen LogP contribution is 2.44. The van der Waals surface area contributed by atoms with Crippen molar-refractivity contribution in [1.82, 2.24) is 9.97 Å². The number of hydrogen-bond acceptors (Lipinski definition) is 6. The van der Waals surface area contributed by atoms with Crippen molar-refractivity contribution in [3.05, 3.63) is 49.0 Å². The zero-order valence-corrected chi connectivity index (χ0v) is 19.4. The third kappa shape index (κ3) is 4.02. The van der Waals surface area contributed by atoms with Gasteiger partial charge in [-0.05, 0) is 49.9 Å². The first-order valence-electron chi connectivity index (χ1n) is 12.1. The zero-order chi connectivity index (χ0) is 24.9. The van der Waals surface area contributed by atoms with E-state index in [-0.39, 0.29) is 25.2 Å². The van der Waals surface area contributed by atoms with E-state index in [0.29, 0.717) is 36.0 Å². The van der Waals surface area contributed by atoms with E-state index in [2.05, 4.69) is 15.2 Å². The molecule has 3 aliphatic heterocycles. The van der Waals surface area contributed by atoms with Crippen molar-refractivity contribution in [2.24, 2.45) is 5.92 Å². The minimum Gasteiger partial charge on any atom is -0.444 e. The molecule has 11 heteroatoms. The smallest absolute Gasteiger partial charge is 0.393 e. The minimum absolute atomic E-state index is 0.122. The summed E-state index contributed by atoms with van der Waals surface area (Å²) in [6.45, 7) is 1.18. The molecule has 8 nitrogen and oxygen atoms in total. The lowest BCUT2D eigenvalue weighted by molar-refractivity contribution is -0.176. The molecule has 5 heterocycles. The maximum Gasteiger partial charge on any atom is 0.393 e. The third-order valence-corrected chi connectivity index (χ3v) is 7.15. The Morgan fingerprint density at radius 1 is 1.11 bits per heavy atom. The number of amides is 2. The monoisotopic (exact) mass is 498 g/mol. The Morgan fingerprint density at radius 2 is 1.97 bits per heavy atom. The number of hydrogen-bond donors (Lipinski definition) is 1. The zero-order valence-electron chi connectivity index (χ0n) is 19.4. The van der Waals surface area contributed by atoms with E-state index in [1.807, 2.05) is 18.2 Å². The van der Waals surface area contributed by atoms with Gasteiger partial charge in [0.25, 0.3) is 0 Å². The molecule has 2 aromatic heterocycles. The second-order valence-corrected chi connectivity index (χ2v) is 9.40. The molecule has 1 unspecified atom stereocenters. The second kappa shape index (κ2) is 8.72. The highest BCUT2D eigenvalue weighted by Gasteiger charge is 2.45. The number of benzene rings is 1. The molecular formula is C25H25F3N6O2. The molecule has 3 aromatic rings. The van der Waals surface area contributed by atoms with Gasteiger partial charge in [-0.2, -0.15) is 13.2 Å². The van der Waals surface area contributed by atoms with E-state index in [9.17, 15) is 18.0 Å². The van der Waals surface area contributed by atoms with Gasteiger partial charge < -0.3 is 19.5 Å².